The molecule has 1 fully saturated rings. The number of ether oxygens (including phenoxy) is 3. The molecule has 0 amide bonds. The molecule has 1 aliphatic rings. The summed E-state index contributed by atoms with van der Waals surface area (Å²) in [7, 11) is 3.33. The Balaban J connectivity index is 2.01. The predicted molar refractivity (Wildman–Crippen MR) is 71.4 cm³/mol. The van der Waals surface area contributed by atoms with E-state index in [0.717, 1.165) is 25.7 Å². The van der Waals surface area contributed by atoms with Gasteiger partial charge in [-0.25, -0.2) is 4.98 Å². The molecule has 0 bridgehead atoms. The van der Waals surface area contributed by atoms with Crippen LogP contribution in [0.15, 0.2) is 6.07 Å². The number of nitrogens with zero attached hydrogens (tertiary/aromatic N) is 2. The van der Waals surface area contributed by atoms with Gasteiger partial charge >= 0.3 is 0 Å². The van der Waals surface area contributed by atoms with Crippen molar-refractivity contribution in [2.45, 2.75) is 44.5 Å². The van der Waals surface area contributed by atoms with E-state index >= 15 is 0 Å². The fourth-order valence-corrected chi connectivity index (χ4v) is 2.48. The normalized spacial score (nSPS) is 23.3. The number of aromatic nitrogens is 2. The second-order valence-electron chi connectivity index (χ2n) is 4.64. The second kappa shape index (κ2) is 7.03. The minimum absolute atomic E-state index is 0.125. The van der Waals surface area contributed by atoms with Gasteiger partial charge in [0.25, 0.3) is 0 Å². The minimum Gasteiger partial charge on any atom is -0.474 e. The second-order valence-corrected chi connectivity index (χ2v) is 5.03. The Morgan fingerprint density at radius 2 is 2.05 bits per heavy atom. The third-order valence-corrected chi connectivity index (χ3v) is 3.38. The van der Waals surface area contributed by atoms with Crippen LogP contribution in [0.5, 0.6) is 5.88 Å². The van der Waals surface area contributed by atoms with Crippen molar-refractivity contribution in [3.05, 3.63) is 17.0 Å². The van der Waals surface area contributed by atoms with E-state index in [9.17, 15) is 0 Å². The monoisotopic (exact) mass is 286 g/mol. The molecular weight excluding hydrogens is 268 g/mol. The number of hydrogen-bond acceptors (Lipinski definition) is 5. The molecular formula is C13H19ClN2O3. The van der Waals surface area contributed by atoms with Crippen LogP contribution in [0.4, 0.5) is 0 Å². The fourth-order valence-electron chi connectivity index (χ4n) is 2.29. The summed E-state index contributed by atoms with van der Waals surface area (Å²) in [5.74, 6) is 1.04. The third-order valence-electron chi connectivity index (χ3n) is 3.19. The van der Waals surface area contributed by atoms with Crippen molar-refractivity contribution in [1.29, 1.82) is 0 Å². The molecule has 6 heteroatoms. The van der Waals surface area contributed by atoms with Crippen molar-refractivity contribution < 1.29 is 14.2 Å². The maximum atomic E-state index is 5.95. The van der Waals surface area contributed by atoms with E-state index in [2.05, 4.69) is 9.97 Å². The number of halogens is 1. The average Bonchev–Trinajstić information content (AvgIpc) is 2.38. The maximum Gasteiger partial charge on any atom is 0.218 e. The SMILES string of the molecule is COCc1nc(Cl)cc(OC2CCCC(OC)C2)n1. The molecule has 2 rings (SSSR count). The average molecular weight is 287 g/mol. The van der Waals surface area contributed by atoms with Crippen molar-refractivity contribution in [1.82, 2.24) is 9.97 Å². The van der Waals surface area contributed by atoms with Gasteiger partial charge < -0.3 is 14.2 Å². The van der Waals surface area contributed by atoms with Gasteiger partial charge in [-0.05, 0) is 19.3 Å². The summed E-state index contributed by atoms with van der Waals surface area (Å²) in [6.45, 7) is 0.322. The Morgan fingerprint density at radius 3 is 2.79 bits per heavy atom. The lowest BCUT2D eigenvalue weighted by Gasteiger charge is -2.28. The maximum absolute atomic E-state index is 5.95. The molecule has 0 radical (unpaired) electrons. The van der Waals surface area contributed by atoms with E-state index in [-0.39, 0.29) is 12.2 Å². The highest BCUT2D eigenvalue weighted by Crippen LogP contribution is 2.25. The Labute approximate surface area is 118 Å². The molecule has 19 heavy (non-hydrogen) atoms. The van der Waals surface area contributed by atoms with Crippen molar-refractivity contribution in [2.75, 3.05) is 14.2 Å². The number of hydrogen-bond donors (Lipinski definition) is 0. The molecule has 0 aromatic carbocycles. The highest BCUT2D eigenvalue weighted by atomic mass is 35.5. The van der Waals surface area contributed by atoms with Gasteiger partial charge in [-0.3, -0.25) is 0 Å². The van der Waals surface area contributed by atoms with Gasteiger partial charge in [-0.1, -0.05) is 11.6 Å². The third kappa shape index (κ3) is 4.30. The lowest BCUT2D eigenvalue weighted by molar-refractivity contribution is 0.0192. The smallest absolute Gasteiger partial charge is 0.218 e. The molecule has 1 aliphatic carbocycles. The summed E-state index contributed by atoms with van der Waals surface area (Å²) in [5.41, 5.74) is 0. The van der Waals surface area contributed by atoms with Crippen LogP contribution in [0.1, 0.15) is 31.5 Å². The standard InChI is InChI=1S/C13H19ClN2O3/c1-17-8-12-15-11(14)7-13(16-12)19-10-5-3-4-9(6-10)18-2/h7,9-10H,3-6,8H2,1-2H3. The molecule has 0 spiro atoms. The molecule has 0 aliphatic heterocycles. The first-order chi connectivity index (χ1) is 9.21. The molecule has 0 N–H and O–H groups in total. The molecule has 106 valence electrons. The zero-order valence-electron chi connectivity index (χ0n) is 11.3. The van der Waals surface area contributed by atoms with Crippen LogP contribution in [-0.2, 0) is 16.1 Å². The van der Waals surface area contributed by atoms with Gasteiger partial charge in [0.15, 0.2) is 5.82 Å². The van der Waals surface area contributed by atoms with Crippen LogP contribution in [0, 0.1) is 0 Å². The molecule has 2 unspecified atom stereocenters. The molecule has 1 saturated carbocycles. The quantitative estimate of drug-likeness (QED) is 0.779. The molecule has 5 nitrogen and oxygen atoms in total. The van der Waals surface area contributed by atoms with E-state index in [1.165, 1.54) is 0 Å². The van der Waals surface area contributed by atoms with Crippen LogP contribution in [0.2, 0.25) is 5.15 Å². The van der Waals surface area contributed by atoms with E-state index < -0.39 is 0 Å². The van der Waals surface area contributed by atoms with Crippen LogP contribution in [0.25, 0.3) is 0 Å². The predicted octanol–water partition coefficient (Wildman–Crippen LogP) is 2.61. The lowest BCUT2D eigenvalue weighted by Crippen LogP contribution is -2.29. The summed E-state index contributed by atoms with van der Waals surface area (Å²) in [6, 6.07) is 1.64. The topological polar surface area (TPSA) is 53.5 Å². The van der Waals surface area contributed by atoms with Crippen molar-refractivity contribution in [3.8, 4) is 5.88 Å². The van der Waals surface area contributed by atoms with Gasteiger partial charge in [-0.2, -0.15) is 4.98 Å². The van der Waals surface area contributed by atoms with Gasteiger partial charge in [0.05, 0.1) is 6.10 Å². The summed E-state index contributed by atoms with van der Waals surface area (Å²) in [4.78, 5) is 8.36. The van der Waals surface area contributed by atoms with E-state index in [0.29, 0.717) is 23.5 Å². The van der Waals surface area contributed by atoms with E-state index in [1.54, 1.807) is 20.3 Å². The van der Waals surface area contributed by atoms with E-state index in [4.69, 9.17) is 25.8 Å². The highest BCUT2D eigenvalue weighted by Gasteiger charge is 2.23. The van der Waals surface area contributed by atoms with Gasteiger partial charge in [0.1, 0.15) is 17.9 Å². The first kappa shape index (κ1) is 14.5. The Morgan fingerprint density at radius 1 is 1.26 bits per heavy atom. The molecule has 1 aromatic rings. The first-order valence-electron chi connectivity index (χ1n) is 6.43. The molecule has 0 saturated heterocycles. The zero-order valence-corrected chi connectivity index (χ0v) is 12.0. The van der Waals surface area contributed by atoms with Crippen molar-refractivity contribution in [3.63, 3.8) is 0 Å². The first-order valence-corrected chi connectivity index (χ1v) is 6.81. The molecule has 2 atom stereocenters. The lowest BCUT2D eigenvalue weighted by atomic mass is 9.95. The van der Waals surface area contributed by atoms with Crippen LogP contribution >= 0.6 is 11.6 Å². The summed E-state index contributed by atoms with van der Waals surface area (Å²) >= 11 is 5.95. The summed E-state index contributed by atoms with van der Waals surface area (Å²) < 4.78 is 16.3. The Kier molecular flexibility index (Phi) is 5.36. The van der Waals surface area contributed by atoms with Crippen LogP contribution in [0.3, 0.4) is 0 Å². The van der Waals surface area contributed by atoms with E-state index in [1.807, 2.05) is 0 Å². The van der Waals surface area contributed by atoms with Gasteiger partial charge in [0.2, 0.25) is 5.88 Å². The zero-order chi connectivity index (χ0) is 13.7. The highest BCUT2D eigenvalue weighted by molar-refractivity contribution is 6.29. The van der Waals surface area contributed by atoms with Crippen molar-refractivity contribution in [2.24, 2.45) is 0 Å². The summed E-state index contributed by atoms with van der Waals surface area (Å²) in [5, 5.41) is 0.371. The molecule has 1 heterocycles. The minimum atomic E-state index is 0.125. The van der Waals surface area contributed by atoms with Crippen molar-refractivity contribution >= 4 is 11.6 Å². The van der Waals surface area contributed by atoms with Gasteiger partial charge in [-0.15, -0.1) is 0 Å². The fraction of sp³-hybridized carbons (Fsp3) is 0.692. The van der Waals surface area contributed by atoms with Gasteiger partial charge in [0, 0.05) is 26.7 Å². The molecule has 1 aromatic heterocycles. The van der Waals surface area contributed by atoms with Crippen LogP contribution in [-0.4, -0.2) is 36.4 Å². The Bertz CT molecular complexity index is 417. The van der Waals surface area contributed by atoms with Crippen LogP contribution < -0.4 is 4.74 Å². The summed E-state index contributed by atoms with van der Waals surface area (Å²) in [6.07, 6.45) is 4.50. The number of methoxy groups -OCH3 is 2. The Hall–Kier alpha value is -0.910. The number of rotatable bonds is 5. The largest absolute Gasteiger partial charge is 0.474 e.